The van der Waals surface area contributed by atoms with Crippen molar-refractivity contribution in [1.82, 2.24) is 10.3 Å². The number of carbonyl (C=O) groups is 2. The molecule has 0 bridgehead atoms. The standard InChI is InChI=1S/C34H34IN3O4/c1-22-10-12-37-32(14-22)36-11-3-13-42-30-8-7-24-16-28(20-33(39)40)31-9-6-23(15-27(31)17-26(24)19-30)21-38-34(41)25-4-2-5-29(35)18-25/h2,4-10,12,14-15,18-19,28H,3,11,13,16-17,20-21H2,1H3,(H,36,37)(H,38,41)(H,39,40). The van der Waals surface area contributed by atoms with Crippen LogP contribution in [0.2, 0.25) is 0 Å². The number of carboxylic acids is 1. The summed E-state index contributed by atoms with van der Waals surface area (Å²) in [7, 11) is 0. The van der Waals surface area contributed by atoms with Gasteiger partial charge < -0.3 is 20.5 Å². The number of ether oxygens (including phenoxy) is 1. The Balaban J connectivity index is 1.26. The maximum Gasteiger partial charge on any atom is 0.303 e. The van der Waals surface area contributed by atoms with Crippen molar-refractivity contribution in [1.29, 1.82) is 0 Å². The lowest BCUT2D eigenvalue weighted by Gasteiger charge is -2.17. The van der Waals surface area contributed by atoms with Crippen molar-refractivity contribution in [3.63, 3.8) is 0 Å². The van der Waals surface area contributed by atoms with Crippen LogP contribution in [0, 0.1) is 10.5 Å². The fourth-order valence-corrected chi connectivity index (χ4v) is 5.92. The Morgan fingerprint density at radius 2 is 1.90 bits per heavy atom. The Morgan fingerprint density at radius 1 is 1.02 bits per heavy atom. The van der Waals surface area contributed by atoms with Gasteiger partial charge in [-0.2, -0.15) is 0 Å². The van der Waals surface area contributed by atoms with Crippen LogP contribution >= 0.6 is 22.6 Å². The lowest BCUT2D eigenvalue weighted by atomic mass is 9.88. The molecule has 7 nitrogen and oxygen atoms in total. The largest absolute Gasteiger partial charge is 0.494 e. The molecule has 42 heavy (non-hydrogen) atoms. The number of hydrogen-bond donors (Lipinski definition) is 3. The highest BCUT2D eigenvalue weighted by Crippen LogP contribution is 2.36. The third kappa shape index (κ3) is 7.88. The summed E-state index contributed by atoms with van der Waals surface area (Å²) in [4.78, 5) is 28.8. The van der Waals surface area contributed by atoms with Crippen molar-refractivity contribution in [2.75, 3.05) is 18.5 Å². The van der Waals surface area contributed by atoms with Gasteiger partial charge in [-0.1, -0.05) is 30.3 Å². The van der Waals surface area contributed by atoms with E-state index in [4.69, 9.17) is 4.74 Å². The van der Waals surface area contributed by atoms with Crippen molar-refractivity contribution in [3.05, 3.63) is 122 Å². The first-order valence-corrected chi connectivity index (χ1v) is 15.2. The Bertz CT molecular complexity index is 1590. The van der Waals surface area contributed by atoms with Crippen molar-refractivity contribution in [3.8, 4) is 5.75 Å². The van der Waals surface area contributed by atoms with Gasteiger partial charge in [-0.3, -0.25) is 9.59 Å². The molecule has 0 radical (unpaired) electrons. The van der Waals surface area contributed by atoms with Crippen LogP contribution in [-0.2, 0) is 24.2 Å². The third-order valence-electron chi connectivity index (χ3n) is 7.44. The SMILES string of the molecule is Cc1ccnc(NCCCOc2ccc3c(c2)Cc2cc(CNC(=O)c4cccc(I)c4)ccc2C(CC(=O)O)C3)c1. The number of hydrogen-bond acceptors (Lipinski definition) is 5. The summed E-state index contributed by atoms with van der Waals surface area (Å²) in [5.41, 5.74) is 7.21. The average molecular weight is 676 g/mol. The van der Waals surface area contributed by atoms with Crippen LogP contribution in [0.1, 0.15) is 62.5 Å². The number of halogens is 1. The predicted octanol–water partition coefficient (Wildman–Crippen LogP) is 6.51. The molecule has 4 aromatic rings. The van der Waals surface area contributed by atoms with Gasteiger partial charge in [0.1, 0.15) is 11.6 Å². The topological polar surface area (TPSA) is 101 Å². The molecule has 1 amide bonds. The molecule has 0 spiro atoms. The normalized spacial score (nSPS) is 13.8. The number of benzene rings is 3. The highest BCUT2D eigenvalue weighted by atomic mass is 127. The maximum atomic E-state index is 12.7. The first kappa shape index (κ1) is 29.6. The molecule has 0 saturated heterocycles. The van der Waals surface area contributed by atoms with Gasteiger partial charge in [-0.25, -0.2) is 4.98 Å². The zero-order chi connectivity index (χ0) is 29.5. The molecule has 3 aromatic carbocycles. The minimum absolute atomic E-state index is 0.0657. The van der Waals surface area contributed by atoms with Crippen LogP contribution in [0.15, 0.2) is 79.0 Å². The van der Waals surface area contributed by atoms with Crippen LogP contribution in [0.4, 0.5) is 5.82 Å². The van der Waals surface area contributed by atoms with Crippen LogP contribution < -0.4 is 15.4 Å². The van der Waals surface area contributed by atoms with Crippen LogP contribution in [-0.4, -0.2) is 35.1 Å². The number of aryl methyl sites for hydroxylation is 1. The molecule has 0 saturated carbocycles. The molecular formula is C34H34IN3O4. The monoisotopic (exact) mass is 675 g/mol. The Kier molecular flexibility index (Phi) is 9.74. The number of anilines is 1. The summed E-state index contributed by atoms with van der Waals surface area (Å²) in [6.45, 7) is 3.76. The Labute approximate surface area is 259 Å². The molecule has 1 atom stereocenters. The fourth-order valence-electron chi connectivity index (χ4n) is 5.38. The van der Waals surface area contributed by atoms with Crippen LogP contribution in [0.25, 0.3) is 0 Å². The number of fused-ring (bicyclic) bond motifs is 2. The minimum atomic E-state index is -0.808. The Hall–Kier alpha value is -3.92. The van der Waals surface area contributed by atoms with Crippen LogP contribution in [0.3, 0.4) is 0 Å². The number of aromatic nitrogens is 1. The fraction of sp³-hybridized carbons (Fsp3) is 0.265. The number of amides is 1. The first-order valence-electron chi connectivity index (χ1n) is 14.1. The molecule has 1 heterocycles. The van der Waals surface area contributed by atoms with Crippen molar-refractivity contribution < 1.29 is 19.4 Å². The van der Waals surface area contributed by atoms with Crippen LogP contribution in [0.5, 0.6) is 5.75 Å². The third-order valence-corrected chi connectivity index (χ3v) is 8.12. The van der Waals surface area contributed by atoms with E-state index in [9.17, 15) is 14.7 Å². The summed E-state index contributed by atoms with van der Waals surface area (Å²) in [5, 5.41) is 16.0. The molecule has 0 fully saturated rings. The number of carbonyl (C=O) groups excluding carboxylic acids is 1. The van der Waals surface area contributed by atoms with E-state index in [1.165, 1.54) is 5.56 Å². The number of rotatable bonds is 11. The second-order valence-corrected chi connectivity index (χ2v) is 11.9. The molecule has 0 aliphatic heterocycles. The summed E-state index contributed by atoms with van der Waals surface area (Å²) in [6.07, 6.45) is 4.03. The van der Waals surface area contributed by atoms with Gasteiger partial charge >= 0.3 is 5.97 Å². The lowest BCUT2D eigenvalue weighted by molar-refractivity contribution is -0.137. The van der Waals surface area contributed by atoms with E-state index in [0.717, 1.165) is 55.9 Å². The smallest absolute Gasteiger partial charge is 0.303 e. The van der Waals surface area contributed by atoms with Gasteiger partial charge in [0.05, 0.1) is 13.0 Å². The number of pyridine rings is 1. The van der Waals surface area contributed by atoms with E-state index in [2.05, 4.69) is 56.4 Å². The summed E-state index contributed by atoms with van der Waals surface area (Å²) in [5.74, 6) is 0.620. The zero-order valence-electron chi connectivity index (χ0n) is 23.5. The molecular weight excluding hydrogens is 641 g/mol. The van der Waals surface area contributed by atoms with E-state index < -0.39 is 5.97 Å². The molecule has 3 N–H and O–H groups in total. The number of carboxylic acid groups (broad SMARTS) is 1. The van der Waals surface area contributed by atoms with E-state index in [0.29, 0.717) is 31.6 Å². The lowest BCUT2D eigenvalue weighted by Crippen LogP contribution is -2.23. The number of aliphatic carboxylic acids is 1. The van der Waals surface area contributed by atoms with Gasteiger partial charge in [-0.05, 0) is 131 Å². The quantitative estimate of drug-likeness (QED) is 0.124. The van der Waals surface area contributed by atoms with E-state index in [-0.39, 0.29) is 18.2 Å². The summed E-state index contributed by atoms with van der Waals surface area (Å²) < 4.78 is 7.10. The molecule has 1 unspecified atom stereocenters. The summed E-state index contributed by atoms with van der Waals surface area (Å²) >= 11 is 2.20. The molecule has 216 valence electrons. The molecule has 1 aliphatic carbocycles. The van der Waals surface area contributed by atoms with Gasteiger partial charge in [0.15, 0.2) is 0 Å². The summed E-state index contributed by atoms with van der Waals surface area (Å²) in [6, 6.07) is 23.8. The first-order chi connectivity index (χ1) is 20.3. The average Bonchev–Trinajstić information content (AvgIpc) is 3.11. The van der Waals surface area contributed by atoms with E-state index in [1.807, 2.05) is 55.5 Å². The second kappa shape index (κ2) is 13.8. The molecule has 1 aromatic heterocycles. The van der Waals surface area contributed by atoms with Crippen molar-refractivity contribution in [2.45, 2.75) is 45.1 Å². The van der Waals surface area contributed by atoms with Crippen molar-refractivity contribution in [2.24, 2.45) is 0 Å². The predicted molar refractivity (Wildman–Crippen MR) is 172 cm³/mol. The highest BCUT2D eigenvalue weighted by molar-refractivity contribution is 14.1. The molecule has 1 aliphatic rings. The van der Waals surface area contributed by atoms with Gasteiger partial charge in [-0.15, -0.1) is 0 Å². The number of nitrogens with one attached hydrogen (secondary N) is 2. The number of nitrogens with zero attached hydrogens (tertiary/aromatic N) is 1. The molecule has 5 rings (SSSR count). The van der Waals surface area contributed by atoms with E-state index in [1.54, 1.807) is 12.3 Å². The zero-order valence-corrected chi connectivity index (χ0v) is 25.7. The van der Waals surface area contributed by atoms with Gasteiger partial charge in [0.2, 0.25) is 0 Å². The van der Waals surface area contributed by atoms with E-state index >= 15 is 0 Å². The second-order valence-electron chi connectivity index (χ2n) is 10.7. The highest BCUT2D eigenvalue weighted by Gasteiger charge is 2.25. The Morgan fingerprint density at radius 3 is 2.71 bits per heavy atom. The molecule has 8 heteroatoms. The minimum Gasteiger partial charge on any atom is -0.494 e. The van der Waals surface area contributed by atoms with Crippen molar-refractivity contribution >= 4 is 40.3 Å². The van der Waals surface area contributed by atoms with Gasteiger partial charge in [0.25, 0.3) is 5.91 Å². The maximum absolute atomic E-state index is 12.7. The van der Waals surface area contributed by atoms with Gasteiger partial charge in [0, 0.05) is 28.4 Å².